The maximum Gasteiger partial charge on any atom is 0.305 e. The van der Waals surface area contributed by atoms with Gasteiger partial charge >= 0.3 is 5.97 Å². The largest absolute Gasteiger partial charge is 0.481 e. The topological polar surface area (TPSA) is 122 Å². The molecule has 2 aromatic rings. The molecule has 1 unspecified atom stereocenters. The molecular weight excluding hydrogens is 602 g/mol. The number of nitrogens with zero attached hydrogens (tertiary/aromatic N) is 4. The van der Waals surface area contributed by atoms with Crippen LogP contribution in [0.4, 0.5) is 11.8 Å². The van der Waals surface area contributed by atoms with Gasteiger partial charge in [0.2, 0.25) is 12.4 Å². The number of carbonyl (C=O) groups excluding carboxylic acids is 1. The number of nitrogens with two attached hydrogens (primary N) is 1. The number of aromatic nitrogens is 2. The predicted octanol–water partition coefficient (Wildman–Crippen LogP) is 7.98. The van der Waals surface area contributed by atoms with Gasteiger partial charge in [-0.25, -0.2) is 4.98 Å². The molecule has 48 heavy (non-hydrogen) atoms. The zero-order valence-electron chi connectivity index (χ0n) is 30.7. The molecule has 1 aromatic heterocycles. The van der Waals surface area contributed by atoms with Crippen molar-refractivity contribution in [3.63, 3.8) is 0 Å². The minimum absolute atomic E-state index is 0.0484. The summed E-state index contributed by atoms with van der Waals surface area (Å²) in [6, 6.07) is 11.8. The summed E-state index contributed by atoms with van der Waals surface area (Å²) in [6.07, 6.45) is 24.3. The van der Waals surface area contributed by atoms with Crippen LogP contribution in [0.25, 0.3) is 0 Å². The molecule has 268 valence electrons. The SMILES string of the molecule is C#C.C/C=C\C=C/CC1CCN(c2nc(C)cc(N3CCCCC3)n2)CC1.CC.CC.CC(CC(=O)O)OCc1ccccc1.NC=O. The first kappa shape index (κ1) is 46.0. The lowest BCUT2D eigenvalue weighted by atomic mass is 9.93. The number of hydrogen-bond donors (Lipinski definition) is 2. The normalized spacial score (nSPS) is 14.6. The molecule has 0 spiro atoms. The van der Waals surface area contributed by atoms with Gasteiger partial charge in [0.05, 0.1) is 19.1 Å². The number of amides is 1. The van der Waals surface area contributed by atoms with Crippen molar-refractivity contribution in [1.29, 1.82) is 0 Å². The Kier molecular flexibility index (Phi) is 30.1. The summed E-state index contributed by atoms with van der Waals surface area (Å²) in [4.78, 5) is 33.4. The number of piperidine rings is 2. The Bertz CT molecular complexity index is 1140. The number of rotatable bonds is 10. The minimum Gasteiger partial charge on any atom is -0.481 e. The van der Waals surface area contributed by atoms with E-state index in [2.05, 4.69) is 72.6 Å². The van der Waals surface area contributed by atoms with Gasteiger partial charge in [-0.3, -0.25) is 9.59 Å². The fourth-order valence-electron chi connectivity index (χ4n) is 4.91. The molecule has 0 aliphatic carbocycles. The van der Waals surface area contributed by atoms with Crippen LogP contribution in [0.1, 0.15) is 97.7 Å². The van der Waals surface area contributed by atoms with Crippen molar-refractivity contribution in [2.75, 3.05) is 36.0 Å². The summed E-state index contributed by atoms with van der Waals surface area (Å²) >= 11 is 0. The molecule has 3 N–H and O–H groups in total. The third kappa shape index (κ3) is 21.6. The Morgan fingerprint density at radius 3 is 2.12 bits per heavy atom. The van der Waals surface area contributed by atoms with Gasteiger partial charge < -0.3 is 25.4 Å². The zero-order chi connectivity index (χ0) is 36.6. The standard InChI is InChI=1S/C21H32N4.C11H14O3.2C2H6.C2H2.CH3NO/c1-3-4-5-7-10-19-11-15-25(16-12-19)21-22-18(2)17-20(23-21)24-13-8-6-9-14-24;1-9(7-11(12)13)14-8-10-5-3-2-4-6-10;3*1-2;2-1-3/h3-5,7,17,19H,6,8-16H2,1-2H3;2-6,9H,7-8H2,1H3,(H,12,13);2*1-2H3;1-2H;1H,(H2,2,3)/b4-3-,7-5-;;;;;. The lowest BCUT2D eigenvalue weighted by Crippen LogP contribution is -2.36. The van der Waals surface area contributed by atoms with Crippen LogP contribution >= 0.6 is 0 Å². The Labute approximate surface area is 291 Å². The van der Waals surface area contributed by atoms with E-state index in [9.17, 15) is 4.79 Å². The first-order valence-electron chi connectivity index (χ1n) is 17.4. The Morgan fingerprint density at radius 2 is 1.58 bits per heavy atom. The van der Waals surface area contributed by atoms with E-state index >= 15 is 0 Å². The highest BCUT2D eigenvalue weighted by Gasteiger charge is 2.22. The van der Waals surface area contributed by atoms with Crippen molar-refractivity contribution in [3.05, 3.63) is 72.0 Å². The van der Waals surface area contributed by atoms with Gasteiger partial charge in [0, 0.05) is 37.9 Å². The highest BCUT2D eigenvalue weighted by Crippen LogP contribution is 2.26. The summed E-state index contributed by atoms with van der Waals surface area (Å²) in [7, 11) is 0. The summed E-state index contributed by atoms with van der Waals surface area (Å²) in [6.45, 7) is 18.8. The van der Waals surface area contributed by atoms with Crippen LogP contribution in [0.5, 0.6) is 0 Å². The second kappa shape index (κ2) is 31.4. The van der Waals surface area contributed by atoms with Crippen LogP contribution in [-0.2, 0) is 20.9 Å². The number of aliphatic carboxylic acids is 1. The fourth-order valence-corrected chi connectivity index (χ4v) is 4.91. The van der Waals surface area contributed by atoms with Crippen LogP contribution < -0.4 is 15.5 Å². The molecule has 0 bridgehead atoms. The van der Waals surface area contributed by atoms with Crippen molar-refractivity contribution in [2.24, 2.45) is 11.7 Å². The number of allylic oxidation sites excluding steroid dienone is 4. The number of benzene rings is 1. The van der Waals surface area contributed by atoms with Gasteiger partial charge in [-0.05, 0) is 70.8 Å². The maximum atomic E-state index is 10.3. The van der Waals surface area contributed by atoms with Gasteiger partial charge in [-0.2, -0.15) is 4.98 Å². The van der Waals surface area contributed by atoms with Crippen molar-refractivity contribution in [3.8, 4) is 12.8 Å². The second-order valence-electron chi connectivity index (χ2n) is 10.7. The van der Waals surface area contributed by atoms with Crippen LogP contribution in [0.15, 0.2) is 60.7 Å². The molecule has 2 saturated heterocycles. The molecule has 9 heteroatoms. The van der Waals surface area contributed by atoms with Gasteiger partial charge in [0.15, 0.2) is 0 Å². The molecule has 0 radical (unpaired) electrons. The molecule has 1 aromatic carbocycles. The van der Waals surface area contributed by atoms with E-state index < -0.39 is 5.97 Å². The summed E-state index contributed by atoms with van der Waals surface area (Å²) < 4.78 is 5.36. The van der Waals surface area contributed by atoms with Gasteiger partial charge in [-0.15, -0.1) is 12.8 Å². The zero-order valence-corrected chi connectivity index (χ0v) is 30.7. The maximum absolute atomic E-state index is 10.3. The van der Waals surface area contributed by atoms with E-state index in [1.165, 1.54) is 38.5 Å². The van der Waals surface area contributed by atoms with E-state index in [0.717, 1.165) is 55.1 Å². The van der Waals surface area contributed by atoms with Crippen molar-refractivity contribution >= 4 is 24.1 Å². The molecular formula is C39H63N5O4. The van der Waals surface area contributed by atoms with Crippen LogP contribution in [0.2, 0.25) is 0 Å². The first-order chi connectivity index (χ1) is 23.4. The van der Waals surface area contributed by atoms with Crippen molar-refractivity contribution in [1.82, 2.24) is 9.97 Å². The van der Waals surface area contributed by atoms with E-state index in [1.54, 1.807) is 6.92 Å². The fraction of sp³-hybridized carbons (Fsp3) is 0.538. The van der Waals surface area contributed by atoms with Gasteiger partial charge in [0.25, 0.3) is 0 Å². The Hall–Kier alpha value is -4.16. The van der Waals surface area contributed by atoms with E-state index in [1.807, 2.05) is 58.0 Å². The Balaban J connectivity index is 0. The molecule has 2 aliphatic rings. The third-order valence-electron chi connectivity index (χ3n) is 7.15. The van der Waals surface area contributed by atoms with Gasteiger partial charge in [0.1, 0.15) is 5.82 Å². The van der Waals surface area contributed by atoms with E-state index in [0.29, 0.717) is 6.61 Å². The van der Waals surface area contributed by atoms with Crippen LogP contribution in [0.3, 0.4) is 0 Å². The third-order valence-corrected chi connectivity index (χ3v) is 7.15. The molecule has 2 fully saturated rings. The summed E-state index contributed by atoms with van der Waals surface area (Å²) in [5.41, 5.74) is 6.31. The van der Waals surface area contributed by atoms with Crippen molar-refractivity contribution in [2.45, 2.75) is 106 Å². The van der Waals surface area contributed by atoms with E-state index in [4.69, 9.17) is 24.6 Å². The van der Waals surface area contributed by atoms with Crippen molar-refractivity contribution < 1.29 is 19.4 Å². The highest BCUT2D eigenvalue weighted by atomic mass is 16.5. The number of hydrogen-bond acceptors (Lipinski definition) is 7. The predicted molar refractivity (Wildman–Crippen MR) is 202 cm³/mol. The number of carbonyl (C=O) groups is 2. The lowest BCUT2D eigenvalue weighted by Gasteiger charge is -2.33. The number of terminal acetylenes is 1. The lowest BCUT2D eigenvalue weighted by molar-refractivity contribution is -0.140. The monoisotopic (exact) mass is 665 g/mol. The molecule has 3 heterocycles. The first-order valence-corrected chi connectivity index (χ1v) is 17.4. The smallest absolute Gasteiger partial charge is 0.305 e. The molecule has 2 aliphatic heterocycles. The van der Waals surface area contributed by atoms with E-state index in [-0.39, 0.29) is 18.9 Å². The average Bonchev–Trinajstić information content (AvgIpc) is 3.13. The molecule has 1 amide bonds. The molecule has 1 atom stereocenters. The quantitative estimate of drug-likeness (QED) is 0.149. The minimum atomic E-state index is -0.828. The molecule has 4 rings (SSSR count). The number of primary amides is 1. The van der Waals surface area contributed by atoms with Crippen LogP contribution in [0, 0.1) is 25.7 Å². The summed E-state index contributed by atoms with van der Waals surface area (Å²) in [5.74, 6) is 2.02. The number of carboxylic acid groups (broad SMARTS) is 1. The molecule has 0 saturated carbocycles. The number of ether oxygens (including phenoxy) is 1. The highest BCUT2D eigenvalue weighted by molar-refractivity contribution is 5.67. The molecule has 9 nitrogen and oxygen atoms in total. The second-order valence-corrected chi connectivity index (χ2v) is 10.7. The number of aryl methyl sites for hydroxylation is 1. The van der Waals surface area contributed by atoms with Gasteiger partial charge in [-0.1, -0.05) is 82.3 Å². The summed E-state index contributed by atoms with van der Waals surface area (Å²) in [5, 5.41) is 8.50. The Morgan fingerprint density at radius 1 is 1.00 bits per heavy atom. The number of anilines is 2. The number of carboxylic acids is 1. The van der Waals surface area contributed by atoms with Crippen LogP contribution in [-0.4, -0.2) is 59.7 Å². The average molecular weight is 666 g/mol.